The molecule has 3 aromatic heterocycles. The molecule has 3 heterocycles. The predicted octanol–water partition coefficient (Wildman–Crippen LogP) is 2.88. The van der Waals surface area contributed by atoms with Crippen molar-refractivity contribution in [3.63, 3.8) is 0 Å². The molecular weight excluding hydrogens is 549 g/mol. The molecule has 0 saturated heterocycles. The monoisotopic (exact) mass is 573 g/mol. The molecule has 2 atom stereocenters. The van der Waals surface area contributed by atoms with Gasteiger partial charge in [0, 0.05) is 12.5 Å². The standard InChI is InChI=1S/C22H24F5N9O4/c1-9-17(33-40-31-9)20(37)29-18(16(10-2-3-10)11-4-5-11)21(38)28-15-7-13(32-39-15)12(6-14(23)24)19-30-34-35-36(19)8-22(25,26)27/h7,10-12,14,16,18H,2-6,8H2,1H3,(H,28,38)(H,29,37)/t12?,18-/m0/s1. The number of aryl methyl sites for hydroxylation is 1. The Morgan fingerprint density at radius 1 is 1.12 bits per heavy atom. The smallest absolute Gasteiger partial charge is 0.338 e. The van der Waals surface area contributed by atoms with Gasteiger partial charge in [-0.1, -0.05) is 10.3 Å². The van der Waals surface area contributed by atoms with Crippen molar-refractivity contribution in [3.8, 4) is 0 Å². The molecule has 2 amide bonds. The van der Waals surface area contributed by atoms with Crippen LogP contribution >= 0.6 is 0 Å². The molecule has 3 aromatic rings. The Labute approximate surface area is 222 Å². The highest BCUT2D eigenvalue weighted by atomic mass is 19.4. The molecule has 0 aromatic carbocycles. The van der Waals surface area contributed by atoms with Gasteiger partial charge < -0.3 is 9.84 Å². The van der Waals surface area contributed by atoms with Gasteiger partial charge >= 0.3 is 6.18 Å². The Kier molecular flexibility index (Phi) is 7.50. The van der Waals surface area contributed by atoms with Crippen molar-refractivity contribution in [1.29, 1.82) is 0 Å². The summed E-state index contributed by atoms with van der Waals surface area (Å²) in [4.78, 5) is 26.3. The minimum atomic E-state index is -4.71. The van der Waals surface area contributed by atoms with Crippen LogP contribution in [0.3, 0.4) is 0 Å². The van der Waals surface area contributed by atoms with E-state index < -0.39 is 55.2 Å². The molecule has 2 fully saturated rings. The highest BCUT2D eigenvalue weighted by Crippen LogP contribution is 2.51. The Morgan fingerprint density at radius 3 is 2.40 bits per heavy atom. The van der Waals surface area contributed by atoms with Crippen molar-refractivity contribution in [1.82, 2.24) is 41.0 Å². The first kappa shape index (κ1) is 27.6. The van der Waals surface area contributed by atoms with Crippen LogP contribution in [-0.2, 0) is 11.3 Å². The molecule has 2 aliphatic rings. The molecule has 2 N–H and O–H groups in total. The van der Waals surface area contributed by atoms with Gasteiger partial charge in [0.15, 0.2) is 11.5 Å². The zero-order valence-corrected chi connectivity index (χ0v) is 20.9. The zero-order valence-electron chi connectivity index (χ0n) is 20.9. The molecule has 2 saturated carbocycles. The van der Waals surface area contributed by atoms with E-state index >= 15 is 0 Å². The maximum Gasteiger partial charge on any atom is 0.408 e. The molecule has 18 heteroatoms. The molecule has 0 spiro atoms. The van der Waals surface area contributed by atoms with Crippen molar-refractivity contribution in [3.05, 3.63) is 29.0 Å². The molecule has 5 rings (SSSR count). The van der Waals surface area contributed by atoms with Crippen LogP contribution in [0, 0.1) is 24.7 Å². The first-order chi connectivity index (χ1) is 19.0. The van der Waals surface area contributed by atoms with Gasteiger partial charge in [0.1, 0.15) is 18.3 Å². The average Bonchev–Trinajstić information content (AvgIpc) is 3.75. The predicted molar refractivity (Wildman–Crippen MR) is 121 cm³/mol. The van der Waals surface area contributed by atoms with E-state index in [1.165, 1.54) is 6.92 Å². The molecule has 0 radical (unpaired) electrons. The molecule has 1 unspecified atom stereocenters. The first-order valence-electron chi connectivity index (χ1n) is 12.5. The van der Waals surface area contributed by atoms with Crippen LogP contribution in [0.2, 0.25) is 0 Å². The number of hydrogen-bond donors (Lipinski definition) is 2. The lowest BCUT2D eigenvalue weighted by Crippen LogP contribution is -2.50. The van der Waals surface area contributed by atoms with Gasteiger partial charge in [0.05, 0.1) is 11.6 Å². The van der Waals surface area contributed by atoms with Crippen LogP contribution in [0.25, 0.3) is 0 Å². The van der Waals surface area contributed by atoms with Crippen molar-refractivity contribution in [2.24, 2.45) is 17.8 Å². The van der Waals surface area contributed by atoms with Crippen molar-refractivity contribution in [2.45, 2.75) is 70.1 Å². The van der Waals surface area contributed by atoms with E-state index in [9.17, 15) is 31.5 Å². The molecular formula is C22H24F5N9O4. The van der Waals surface area contributed by atoms with Crippen molar-refractivity contribution < 1.29 is 40.7 Å². The van der Waals surface area contributed by atoms with Crippen LogP contribution in [0.5, 0.6) is 0 Å². The van der Waals surface area contributed by atoms with Crippen LogP contribution in [-0.4, -0.2) is 66.1 Å². The minimum Gasteiger partial charge on any atom is -0.338 e. The molecule has 0 bridgehead atoms. The lowest BCUT2D eigenvalue weighted by Gasteiger charge is -2.26. The van der Waals surface area contributed by atoms with Gasteiger partial charge in [-0.15, -0.1) is 5.10 Å². The largest absolute Gasteiger partial charge is 0.408 e. The van der Waals surface area contributed by atoms with Crippen LogP contribution in [0.15, 0.2) is 15.2 Å². The van der Waals surface area contributed by atoms with Gasteiger partial charge in [-0.25, -0.2) is 18.1 Å². The fourth-order valence-corrected chi connectivity index (χ4v) is 4.87. The molecule has 13 nitrogen and oxygen atoms in total. The van der Waals surface area contributed by atoms with E-state index in [0.29, 0.717) is 4.68 Å². The summed E-state index contributed by atoms with van der Waals surface area (Å²) >= 11 is 0. The summed E-state index contributed by atoms with van der Waals surface area (Å²) in [5.74, 6) is -3.20. The van der Waals surface area contributed by atoms with E-state index in [1.54, 1.807) is 0 Å². The normalized spacial score (nSPS) is 17.3. The lowest BCUT2D eigenvalue weighted by molar-refractivity contribution is -0.143. The number of carbonyl (C=O) groups excluding carboxylic acids is 2. The fraction of sp³-hybridized carbons (Fsp3) is 0.636. The van der Waals surface area contributed by atoms with Gasteiger partial charge in [-0.05, 0) is 65.9 Å². The molecule has 216 valence electrons. The van der Waals surface area contributed by atoms with E-state index in [0.717, 1.165) is 31.7 Å². The number of tetrazole rings is 1. The van der Waals surface area contributed by atoms with E-state index in [4.69, 9.17) is 4.52 Å². The van der Waals surface area contributed by atoms with E-state index in [1.807, 2.05) is 0 Å². The average molecular weight is 573 g/mol. The zero-order chi connectivity index (χ0) is 28.6. The summed E-state index contributed by atoms with van der Waals surface area (Å²) in [6.07, 6.45) is -4.99. The summed E-state index contributed by atoms with van der Waals surface area (Å²) in [6, 6.07) is 0.124. The quantitative estimate of drug-likeness (QED) is 0.308. The Hall–Kier alpha value is -3.99. The number of carbonyl (C=O) groups is 2. The summed E-state index contributed by atoms with van der Waals surface area (Å²) in [5.41, 5.74) is -0.0416. The second-order valence-electron chi connectivity index (χ2n) is 10.00. The summed E-state index contributed by atoms with van der Waals surface area (Å²) in [6.45, 7) is -0.0706. The summed E-state index contributed by atoms with van der Waals surface area (Å²) in [5, 5.41) is 26.0. The second kappa shape index (κ2) is 10.9. The van der Waals surface area contributed by atoms with Gasteiger partial charge in [-0.2, -0.15) is 13.2 Å². The highest BCUT2D eigenvalue weighted by molar-refractivity contribution is 6.00. The third-order valence-corrected chi connectivity index (χ3v) is 6.90. The SMILES string of the molecule is Cc1nonc1C(=O)N[C@H](C(=O)Nc1cc(C(CC(F)F)c2nnnn2CC(F)(F)F)no1)C(C1CC1)C1CC1. The van der Waals surface area contributed by atoms with E-state index in [2.05, 4.69) is 46.3 Å². The number of nitrogens with one attached hydrogen (secondary N) is 2. The molecule has 0 aliphatic heterocycles. The fourth-order valence-electron chi connectivity index (χ4n) is 4.87. The lowest BCUT2D eigenvalue weighted by atomic mass is 9.88. The van der Waals surface area contributed by atoms with Crippen LogP contribution in [0.1, 0.15) is 65.7 Å². The number of amides is 2. The van der Waals surface area contributed by atoms with Gasteiger partial charge in [-0.3, -0.25) is 14.9 Å². The number of halogens is 5. The molecule has 2 aliphatic carbocycles. The Morgan fingerprint density at radius 2 is 1.82 bits per heavy atom. The van der Waals surface area contributed by atoms with Gasteiger partial charge in [0.25, 0.3) is 5.91 Å². The maximum absolute atomic E-state index is 13.5. The summed E-state index contributed by atoms with van der Waals surface area (Å²) in [7, 11) is 0. The van der Waals surface area contributed by atoms with Crippen molar-refractivity contribution >= 4 is 17.7 Å². The number of rotatable bonds is 12. The minimum absolute atomic E-state index is 0.0727. The summed E-state index contributed by atoms with van der Waals surface area (Å²) < 4.78 is 75.7. The number of hydrogen-bond acceptors (Lipinski definition) is 10. The van der Waals surface area contributed by atoms with Crippen LogP contribution < -0.4 is 10.6 Å². The second-order valence-corrected chi connectivity index (χ2v) is 10.00. The number of aromatic nitrogens is 7. The van der Waals surface area contributed by atoms with Crippen LogP contribution in [0.4, 0.5) is 27.8 Å². The molecule has 40 heavy (non-hydrogen) atoms. The Balaban J connectivity index is 1.37. The Bertz CT molecular complexity index is 1340. The maximum atomic E-state index is 13.5. The number of alkyl halides is 5. The topological polar surface area (TPSA) is 167 Å². The number of nitrogens with zero attached hydrogens (tertiary/aromatic N) is 7. The van der Waals surface area contributed by atoms with Crippen molar-refractivity contribution in [2.75, 3.05) is 5.32 Å². The highest BCUT2D eigenvalue weighted by Gasteiger charge is 2.48. The van der Waals surface area contributed by atoms with Gasteiger partial charge in [0.2, 0.25) is 18.2 Å². The number of anilines is 1. The first-order valence-corrected chi connectivity index (χ1v) is 12.5. The van der Waals surface area contributed by atoms with E-state index in [-0.39, 0.29) is 40.7 Å². The third kappa shape index (κ3) is 6.41. The third-order valence-electron chi connectivity index (χ3n) is 6.90.